The number of hydrazine groups is 1. The number of nitrogens with two attached hydrogens (primary N) is 1. The fourth-order valence-electron chi connectivity index (χ4n) is 2.23. The normalized spacial score (nSPS) is 12.7. The predicted octanol–water partition coefficient (Wildman–Crippen LogP) is 3.95. The van der Waals surface area contributed by atoms with Gasteiger partial charge in [-0.15, -0.1) is 11.3 Å². The Morgan fingerprint density at radius 2 is 2.19 bits per heavy atom. The minimum absolute atomic E-state index is 0.0780. The molecule has 0 aliphatic carbocycles. The van der Waals surface area contributed by atoms with Gasteiger partial charge in [0.25, 0.3) is 0 Å². The molecule has 0 spiro atoms. The van der Waals surface area contributed by atoms with Crippen LogP contribution in [0.1, 0.15) is 17.2 Å². The summed E-state index contributed by atoms with van der Waals surface area (Å²) in [5, 5.41) is 2.02. The Morgan fingerprint density at radius 1 is 1.33 bits per heavy atom. The molecule has 108 valence electrons. The highest BCUT2D eigenvalue weighted by atomic mass is 79.9. The first-order valence-electron chi connectivity index (χ1n) is 6.40. The molecule has 21 heavy (non-hydrogen) atoms. The summed E-state index contributed by atoms with van der Waals surface area (Å²) in [7, 11) is 0. The summed E-state index contributed by atoms with van der Waals surface area (Å²) in [5.41, 5.74) is 5.81. The molecule has 0 amide bonds. The van der Waals surface area contributed by atoms with Crippen LogP contribution in [0, 0.1) is 5.82 Å². The average Bonchev–Trinajstić information content (AvgIpc) is 2.94. The van der Waals surface area contributed by atoms with E-state index >= 15 is 0 Å². The molecule has 0 saturated carbocycles. The van der Waals surface area contributed by atoms with Gasteiger partial charge in [-0.25, -0.2) is 4.39 Å². The molecule has 0 radical (unpaired) electrons. The highest BCUT2D eigenvalue weighted by Gasteiger charge is 2.14. The van der Waals surface area contributed by atoms with Crippen LogP contribution >= 0.6 is 27.3 Å². The van der Waals surface area contributed by atoms with Crippen LogP contribution in [0.3, 0.4) is 0 Å². The van der Waals surface area contributed by atoms with Gasteiger partial charge < -0.3 is 0 Å². The summed E-state index contributed by atoms with van der Waals surface area (Å²) >= 11 is 5.04. The highest BCUT2D eigenvalue weighted by molar-refractivity contribution is 9.10. The maximum atomic E-state index is 13.1. The zero-order valence-electron chi connectivity index (χ0n) is 11.0. The maximum Gasteiger partial charge on any atom is 0.124 e. The quantitative estimate of drug-likeness (QED) is 0.543. The van der Waals surface area contributed by atoms with Crippen LogP contribution in [0.15, 0.2) is 46.4 Å². The summed E-state index contributed by atoms with van der Waals surface area (Å²) < 4.78 is 15.0. The molecular formula is C15H13BrFN3S. The van der Waals surface area contributed by atoms with Crippen LogP contribution in [0.25, 0.3) is 10.2 Å². The van der Waals surface area contributed by atoms with Crippen molar-refractivity contribution in [3.8, 4) is 0 Å². The molecule has 0 saturated heterocycles. The average molecular weight is 366 g/mol. The standard InChI is InChI=1S/C15H13BrFN3S/c16-12-7-11(17)2-1-9(12)5-14(20-18)10-6-15-13(19-8-10)3-4-21-15/h1-4,6-8,14,20H,5,18H2. The van der Waals surface area contributed by atoms with Crippen molar-refractivity contribution in [1.82, 2.24) is 10.4 Å². The summed E-state index contributed by atoms with van der Waals surface area (Å²) in [6, 6.07) is 8.68. The molecule has 2 heterocycles. The Kier molecular flexibility index (Phi) is 4.30. The van der Waals surface area contributed by atoms with Gasteiger partial charge in [0.05, 0.1) is 16.3 Å². The Morgan fingerprint density at radius 3 is 2.95 bits per heavy atom. The van der Waals surface area contributed by atoms with Crippen LogP contribution in [-0.4, -0.2) is 4.98 Å². The van der Waals surface area contributed by atoms with Crippen molar-refractivity contribution in [2.24, 2.45) is 5.84 Å². The molecule has 0 aliphatic rings. The van der Waals surface area contributed by atoms with E-state index in [-0.39, 0.29) is 11.9 Å². The van der Waals surface area contributed by atoms with Gasteiger partial charge in [0.1, 0.15) is 5.82 Å². The zero-order chi connectivity index (χ0) is 14.8. The van der Waals surface area contributed by atoms with Gasteiger partial charge >= 0.3 is 0 Å². The van der Waals surface area contributed by atoms with Crippen molar-refractivity contribution in [1.29, 1.82) is 0 Å². The monoisotopic (exact) mass is 365 g/mol. The van der Waals surface area contributed by atoms with Gasteiger partial charge in [-0.3, -0.25) is 16.3 Å². The van der Waals surface area contributed by atoms with Crippen LogP contribution in [0.2, 0.25) is 0 Å². The Balaban J connectivity index is 1.90. The highest BCUT2D eigenvalue weighted by Crippen LogP contribution is 2.27. The molecule has 2 aromatic heterocycles. The van der Waals surface area contributed by atoms with E-state index < -0.39 is 0 Å². The Hall–Kier alpha value is -1.34. The number of fused-ring (bicyclic) bond motifs is 1. The number of hydrogen-bond acceptors (Lipinski definition) is 4. The molecule has 3 nitrogen and oxygen atoms in total. The van der Waals surface area contributed by atoms with Crippen LogP contribution in [-0.2, 0) is 6.42 Å². The molecule has 0 fully saturated rings. The fraction of sp³-hybridized carbons (Fsp3) is 0.133. The van der Waals surface area contributed by atoms with E-state index in [0.29, 0.717) is 6.42 Å². The third-order valence-corrected chi connectivity index (χ3v) is 4.96. The topological polar surface area (TPSA) is 50.9 Å². The molecule has 1 aromatic carbocycles. The zero-order valence-corrected chi connectivity index (χ0v) is 13.4. The molecule has 3 aromatic rings. The van der Waals surface area contributed by atoms with Gasteiger partial charge in [0.2, 0.25) is 0 Å². The lowest BCUT2D eigenvalue weighted by atomic mass is 10.0. The van der Waals surface area contributed by atoms with Crippen LogP contribution in [0.5, 0.6) is 0 Å². The molecule has 1 unspecified atom stereocenters. The second-order valence-electron chi connectivity index (χ2n) is 4.73. The van der Waals surface area contributed by atoms with Crippen molar-refractivity contribution in [2.75, 3.05) is 0 Å². The Bertz CT molecular complexity index is 774. The lowest BCUT2D eigenvalue weighted by Crippen LogP contribution is -2.29. The summed E-state index contributed by atoms with van der Waals surface area (Å²) in [4.78, 5) is 4.43. The van der Waals surface area contributed by atoms with E-state index in [9.17, 15) is 4.39 Å². The second kappa shape index (κ2) is 6.19. The number of benzene rings is 1. The molecule has 0 aliphatic heterocycles. The molecule has 3 rings (SSSR count). The largest absolute Gasteiger partial charge is 0.271 e. The minimum Gasteiger partial charge on any atom is -0.271 e. The van der Waals surface area contributed by atoms with Crippen molar-refractivity contribution < 1.29 is 4.39 Å². The summed E-state index contributed by atoms with van der Waals surface area (Å²) in [6.07, 6.45) is 2.48. The molecule has 0 bridgehead atoms. The third kappa shape index (κ3) is 3.13. The number of rotatable bonds is 4. The number of thiophene rings is 1. The number of nitrogens with zero attached hydrogens (tertiary/aromatic N) is 1. The van der Waals surface area contributed by atoms with E-state index in [1.165, 1.54) is 12.1 Å². The molecule has 6 heteroatoms. The second-order valence-corrected chi connectivity index (χ2v) is 6.53. The lowest BCUT2D eigenvalue weighted by Gasteiger charge is -2.17. The van der Waals surface area contributed by atoms with E-state index in [4.69, 9.17) is 5.84 Å². The van der Waals surface area contributed by atoms with Gasteiger partial charge in [0, 0.05) is 10.7 Å². The number of nitrogens with one attached hydrogen (secondary N) is 1. The van der Waals surface area contributed by atoms with Gasteiger partial charge in [-0.05, 0) is 47.2 Å². The Labute approximate surface area is 134 Å². The predicted molar refractivity (Wildman–Crippen MR) is 87.5 cm³/mol. The number of hydrogen-bond donors (Lipinski definition) is 2. The van der Waals surface area contributed by atoms with Crippen molar-refractivity contribution in [2.45, 2.75) is 12.5 Å². The number of halogens is 2. The molecular weight excluding hydrogens is 353 g/mol. The third-order valence-electron chi connectivity index (χ3n) is 3.37. The van der Waals surface area contributed by atoms with Crippen LogP contribution < -0.4 is 11.3 Å². The first-order valence-corrected chi connectivity index (χ1v) is 8.08. The van der Waals surface area contributed by atoms with Gasteiger partial charge in [-0.1, -0.05) is 22.0 Å². The lowest BCUT2D eigenvalue weighted by molar-refractivity contribution is 0.549. The summed E-state index contributed by atoms with van der Waals surface area (Å²) in [5.74, 6) is 5.43. The van der Waals surface area contributed by atoms with Crippen molar-refractivity contribution in [3.05, 3.63) is 63.3 Å². The summed E-state index contributed by atoms with van der Waals surface area (Å²) in [6.45, 7) is 0. The number of pyridine rings is 1. The van der Waals surface area contributed by atoms with Crippen LogP contribution in [0.4, 0.5) is 4.39 Å². The van der Waals surface area contributed by atoms with Crippen molar-refractivity contribution >= 4 is 37.5 Å². The minimum atomic E-state index is -0.260. The van der Waals surface area contributed by atoms with Gasteiger partial charge in [0.15, 0.2) is 0 Å². The first-order chi connectivity index (χ1) is 10.2. The number of aromatic nitrogens is 1. The van der Waals surface area contributed by atoms with Crippen molar-refractivity contribution in [3.63, 3.8) is 0 Å². The van der Waals surface area contributed by atoms with Gasteiger partial charge in [-0.2, -0.15) is 0 Å². The van der Waals surface area contributed by atoms with E-state index in [1.54, 1.807) is 17.4 Å². The smallest absolute Gasteiger partial charge is 0.124 e. The maximum absolute atomic E-state index is 13.1. The SMILES string of the molecule is NNC(Cc1ccc(F)cc1Br)c1cnc2ccsc2c1. The first kappa shape index (κ1) is 14.6. The van der Waals surface area contributed by atoms with E-state index in [2.05, 4.69) is 32.4 Å². The van der Waals surface area contributed by atoms with E-state index in [0.717, 1.165) is 25.8 Å². The fourth-order valence-corrected chi connectivity index (χ4v) is 3.53. The van der Waals surface area contributed by atoms with E-state index in [1.807, 2.05) is 17.6 Å². The molecule has 3 N–H and O–H groups in total. The molecule has 1 atom stereocenters.